The molecule has 6 heteroatoms. The fourth-order valence-electron chi connectivity index (χ4n) is 3.47. The van der Waals surface area contributed by atoms with Gasteiger partial charge in [0.15, 0.2) is 0 Å². The lowest BCUT2D eigenvalue weighted by Crippen LogP contribution is -2.46. The molecular formula is C22H23BrN4O. The quantitative estimate of drug-likeness (QED) is 0.612. The molecule has 0 atom stereocenters. The van der Waals surface area contributed by atoms with Crippen LogP contribution in [-0.2, 0) is 6.54 Å². The van der Waals surface area contributed by atoms with Crippen LogP contribution in [0.5, 0.6) is 0 Å². The van der Waals surface area contributed by atoms with E-state index in [4.69, 9.17) is 0 Å². The van der Waals surface area contributed by atoms with E-state index in [1.807, 2.05) is 18.2 Å². The van der Waals surface area contributed by atoms with Crippen molar-refractivity contribution >= 4 is 27.7 Å². The minimum atomic E-state index is -0.0361. The molecule has 4 rings (SSSR count). The molecular weight excluding hydrogens is 416 g/mol. The number of pyridine rings is 1. The Morgan fingerprint density at radius 3 is 2.54 bits per heavy atom. The van der Waals surface area contributed by atoms with Gasteiger partial charge < -0.3 is 0 Å². The van der Waals surface area contributed by atoms with E-state index in [-0.39, 0.29) is 5.56 Å². The van der Waals surface area contributed by atoms with Gasteiger partial charge in [-0.05, 0) is 33.6 Å². The Kier molecular flexibility index (Phi) is 6.00. The number of piperazine rings is 1. The number of benzene rings is 1. The molecule has 1 aromatic carbocycles. The second-order valence-corrected chi connectivity index (χ2v) is 7.97. The number of hydrogen-bond acceptors (Lipinski definition) is 4. The van der Waals surface area contributed by atoms with Gasteiger partial charge in [-0.25, -0.2) is 4.98 Å². The van der Waals surface area contributed by atoms with Crippen LogP contribution in [0, 0.1) is 0 Å². The average Bonchev–Trinajstić information content (AvgIpc) is 2.71. The summed E-state index contributed by atoms with van der Waals surface area (Å²) in [5.41, 5.74) is 2.73. The van der Waals surface area contributed by atoms with Crippen LogP contribution in [0.4, 0.5) is 0 Å². The summed E-state index contributed by atoms with van der Waals surface area (Å²) in [4.78, 5) is 21.8. The zero-order chi connectivity index (χ0) is 19.3. The zero-order valence-corrected chi connectivity index (χ0v) is 17.3. The van der Waals surface area contributed by atoms with Gasteiger partial charge in [0.2, 0.25) is 0 Å². The molecule has 1 fully saturated rings. The van der Waals surface area contributed by atoms with Gasteiger partial charge in [-0.2, -0.15) is 0 Å². The van der Waals surface area contributed by atoms with Crippen LogP contribution < -0.4 is 5.56 Å². The fourth-order valence-corrected chi connectivity index (χ4v) is 3.81. The largest absolute Gasteiger partial charge is 0.297 e. The number of aromatic nitrogens is 2. The van der Waals surface area contributed by atoms with Crippen molar-refractivity contribution in [2.24, 2.45) is 0 Å². The predicted molar refractivity (Wildman–Crippen MR) is 116 cm³/mol. The van der Waals surface area contributed by atoms with Crippen LogP contribution in [0.25, 0.3) is 11.7 Å². The Bertz CT molecular complexity index is 1020. The van der Waals surface area contributed by atoms with E-state index in [9.17, 15) is 4.79 Å². The smallest absolute Gasteiger partial charge is 0.258 e. The standard InChI is InChI=1S/C22H23BrN4O/c23-19-8-9-21-24-20(15-22(28)27(21)16-19)17-26-13-11-25(12-14-26)10-4-7-18-5-2-1-3-6-18/h1-9,15-16H,10-14,17H2. The van der Waals surface area contributed by atoms with Gasteiger partial charge >= 0.3 is 0 Å². The second kappa shape index (κ2) is 8.82. The number of hydrogen-bond donors (Lipinski definition) is 0. The Morgan fingerprint density at radius 1 is 1.00 bits per heavy atom. The topological polar surface area (TPSA) is 40.9 Å². The third-order valence-corrected chi connectivity index (χ3v) is 5.47. The molecule has 0 bridgehead atoms. The molecule has 0 saturated carbocycles. The summed E-state index contributed by atoms with van der Waals surface area (Å²) in [5.74, 6) is 0. The van der Waals surface area contributed by atoms with E-state index in [1.54, 1.807) is 16.7 Å². The van der Waals surface area contributed by atoms with Crippen molar-refractivity contribution in [3.8, 4) is 0 Å². The van der Waals surface area contributed by atoms with Crippen molar-refractivity contribution in [2.45, 2.75) is 6.54 Å². The first-order chi connectivity index (χ1) is 13.7. The number of nitrogens with zero attached hydrogens (tertiary/aromatic N) is 4. The highest BCUT2D eigenvalue weighted by molar-refractivity contribution is 9.10. The lowest BCUT2D eigenvalue weighted by atomic mass is 10.2. The Labute approximate surface area is 173 Å². The van der Waals surface area contributed by atoms with Crippen LogP contribution in [0.15, 0.2) is 70.1 Å². The van der Waals surface area contributed by atoms with Crippen molar-refractivity contribution < 1.29 is 0 Å². The highest BCUT2D eigenvalue weighted by Crippen LogP contribution is 2.11. The Morgan fingerprint density at radius 2 is 1.75 bits per heavy atom. The van der Waals surface area contributed by atoms with Gasteiger partial charge in [-0.15, -0.1) is 0 Å². The summed E-state index contributed by atoms with van der Waals surface area (Å²) < 4.78 is 2.44. The lowest BCUT2D eigenvalue weighted by Gasteiger charge is -2.33. The normalized spacial score (nSPS) is 16.2. The molecule has 144 valence electrons. The molecule has 0 amide bonds. The molecule has 1 saturated heterocycles. The first-order valence-electron chi connectivity index (χ1n) is 9.51. The maximum atomic E-state index is 12.3. The van der Waals surface area contributed by atoms with Crippen molar-refractivity contribution in [1.82, 2.24) is 19.2 Å². The van der Waals surface area contributed by atoms with E-state index in [0.717, 1.165) is 49.4 Å². The molecule has 3 heterocycles. The molecule has 0 aliphatic carbocycles. The van der Waals surface area contributed by atoms with Crippen LogP contribution in [0.3, 0.4) is 0 Å². The third kappa shape index (κ3) is 4.76. The Hall–Kier alpha value is -2.28. The lowest BCUT2D eigenvalue weighted by molar-refractivity contribution is 0.136. The van der Waals surface area contributed by atoms with E-state index < -0.39 is 0 Å². The molecule has 0 radical (unpaired) electrons. The van der Waals surface area contributed by atoms with Crippen LogP contribution in [0.1, 0.15) is 11.3 Å². The summed E-state index contributed by atoms with van der Waals surface area (Å²) in [6.45, 7) is 5.71. The molecule has 1 aliphatic heterocycles. The first kappa shape index (κ1) is 19.1. The van der Waals surface area contributed by atoms with Crippen molar-refractivity contribution in [2.75, 3.05) is 32.7 Å². The number of halogens is 1. The van der Waals surface area contributed by atoms with Gasteiger partial charge in [0.05, 0.1) is 5.69 Å². The molecule has 0 N–H and O–H groups in total. The number of rotatable bonds is 5. The van der Waals surface area contributed by atoms with Gasteiger partial charge in [0.1, 0.15) is 5.65 Å². The highest BCUT2D eigenvalue weighted by atomic mass is 79.9. The summed E-state index contributed by atoms with van der Waals surface area (Å²) >= 11 is 3.40. The maximum Gasteiger partial charge on any atom is 0.258 e. The van der Waals surface area contributed by atoms with E-state index in [2.05, 4.69) is 67.1 Å². The molecule has 1 aliphatic rings. The van der Waals surface area contributed by atoms with Crippen molar-refractivity contribution in [1.29, 1.82) is 0 Å². The fraction of sp³-hybridized carbons (Fsp3) is 0.273. The second-order valence-electron chi connectivity index (χ2n) is 7.05. The average molecular weight is 439 g/mol. The number of fused-ring (bicyclic) bond motifs is 1. The minimum Gasteiger partial charge on any atom is -0.297 e. The van der Waals surface area contributed by atoms with Gasteiger partial charge in [-0.3, -0.25) is 19.0 Å². The molecule has 3 aromatic rings. The van der Waals surface area contributed by atoms with Crippen LogP contribution >= 0.6 is 15.9 Å². The van der Waals surface area contributed by atoms with E-state index >= 15 is 0 Å². The monoisotopic (exact) mass is 438 g/mol. The molecule has 28 heavy (non-hydrogen) atoms. The summed E-state index contributed by atoms with van der Waals surface area (Å²) in [5, 5.41) is 0. The molecule has 2 aromatic heterocycles. The van der Waals surface area contributed by atoms with Gasteiger partial charge in [-0.1, -0.05) is 42.5 Å². The zero-order valence-electron chi connectivity index (χ0n) is 15.7. The minimum absolute atomic E-state index is 0.0361. The first-order valence-corrected chi connectivity index (χ1v) is 10.3. The van der Waals surface area contributed by atoms with Crippen LogP contribution in [-0.4, -0.2) is 51.9 Å². The van der Waals surface area contributed by atoms with Crippen molar-refractivity contribution in [3.05, 3.63) is 86.9 Å². The molecule has 0 spiro atoms. The van der Waals surface area contributed by atoms with E-state index in [0.29, 0.717) is 5.65 Å². The van der Waals surface area contributed by atoms with Crippen molar-refractivity contribution in [3.63, 3.8) is 0 Å². The summed E-state index contributed by atoms with van der Waals surface area (Å²) in [6, 6.07) is 15.8. The Balaban J connectivity index is 1.32. The van der Waals surface area contributed by atoms with Gasteiger partial charge in [0.25, 0.3) is 5.56 Å². The maximum absolute atomic E-state index is 12.3. The molecule has 0 unspecified atom stereocenters. The molecule has 5 nitrogen and oxygen atoms in total. The van der Waals surface area contributed by atoms with E-state index in [1.165, 1.54) is 5.56 Å². The van der Waals surface area contributed by atoms with Crippen LogP contribution in [0.2, 0.25) is 0 Å². The predicted octanol–water partition coefficient (Wildman–Crippen LogP) is 3.29. The summed E-state index contributed by atoms with van der Waals surface area (Å²) in [6.07, 6.45) is 6.17. The van der Waals surface area contributed by atoms with Gasteiger partial charge in [0, 0.05) is 56.0 Å². The third-order valence-electron chi connectivity index (χ3n) is 5.00. The SMILES string of the molecule is O=c1cc(CN2CCN(CC=Cc3ccccc3)CC2)nc2ccc(Br)cn12. The highest BCUT2D eigenvalue weighted by Gasteiger charge is 2.17. The summed E-state index contributed by atoms with van der Waals surface area (Å²) in [7, 11) is 0.